The van der Waals surface area contributed by atoms with E-state index in [1.54, 1.807) is 0 Å². The highest BCUT2D eigenvalue weighted by Gasteiger charge is 2.21. The van der Waals surface area contributed by atoms with Crippen LogP contribution in [0.15, 0.2) is 24.3 Å². The van der Waals surface area contributed by atoms with Crippen molar-refractivity contribution in [3.05, 3.63) is 35.4 Å². The van der Waals surface area contributed by atoms with Crippen molar-refractivity contribution in [1.82, 2.24) is 4.90 Å². The predicted molar refractivity (Wildman–Crippen MR) is 81.1 cm³/mol. The van der Waals surface area contributed by atoms with Gasteiger partial charge < -0.3 is 9.64 Å². The lowest BCUT2D eigenvalue weighted by molar-refractivity contribution is 0.0600. The van der Waals surface area contributed by atoms with Crippen molar-refractivity contribution >= 4 is 5.97 Å². The second-order valence-corrected chi connectivity index (χ2v) is 5.61. The zero-order valence-corrected chi connectivity index (χ0v) is 12.6. The molecule has 110 valence electrons. The van der Waals surface area contributed by atoms with Crippen LogP contribution in [0.5, 0.6) is 0 Å². The summed E-state index contributed by atoms with van der Waals surface area (Å²) in [6.07, 6.45) is 4.98. The van der Waals surface area contributed by atoms with Crippen LogP contribution in [-0.2, 0) is 4.74 Å². The summed E-state index contributed by atoms with van der Waals surface area (Å²) in [5, 5.41) is 0. The maximum Gasteiger partial charge on any atom is 0.337 e. The first-order chi connectivity index (χ1) is 9.74. The van der Waals surface area contributed by atoms with Crippen LogP contribution in [0.25, 0.3) is 0 Å². The van der Waals surface area contributed by atoms with E-state index in [-0.39, 0.29) is 5.97 Å². The van der Waals surface area contributed by atoms with E-state index in [9.17, 15) is 4.79 Å². The molecule has 0 amide bonds. The summed E-state index contributed by atoms with van der Waals surface area (Å²) in [6, 6.07) is 7.93. The second-order valence-electron chi connectivity index (χ2n) is 5.61. The summed E-state index contributed by atoms with van der Waals surface area (Å²) in [7, 11) is 1.43. The highest BCUT2D eigenvalue weighted by molar-refractivity contribution is 5.89. The molecule has 1 fully saturated rings. The number of carbonyl (C=O) groups excluding carboxylic acids is 1. The Hall–Kier alpha value is -1.35. The topological polar surface area (TPSA) is 29.5 Å². The molecular weight excluding hydrogens is 250 g/mol. The number of unbranched alkanes of at least 4 members (excludes halogenated alkanes) is 1. The summed E-state index contributed by atoms with van der Waals surface area (Å²) in [5.74, 6) is 0.302. The molecule has 0 aromatic heterocycles. The van der Waals surface area contributed by atoms with Crippen LogP contribution in [0.2, 0.25) is 0 Å². The van der Waals surface area contributed by atoms with E-state index in [1.165, 1.54) is 51.4 Å². The molecule has 2 rings (SSSR count). The lowest BCUT2D eigenvalue weighted by Gasteiger charge is -2.33. The fourth-order valence-corrected chi connectivity index (χ4v) is 2.95. The molecule has 0 saturated carbocycles. The van der Waals surface area contributed by atoms with Crippen LogP contribution < -0.4 is 0 Å². The van der Waals surface area contributed by atoms with Crippen molar-refractivity contribution in [3.63, 3.8) is 0 Å². The van der Waals surface area contributed by atoms with Crippen LogP contribution in [0, 0.1) is 0 Å². The number of rotatable bonds is 5. The van der Waals surface area contributed by atoms with Crippen molar-refractivity contribution in [2.24, 2.45) is 0 Å². The third-order valence-corrected chi connectivity index (χ3v) is 4.11. The van der Waals surface area contributed by atoms with Gasteiger partial charge in [0.25, 0.3) is 0 Å². The zero-order valence-electron chi connectivity index (χ0n) is 12.6. The quantitative estimate of drug-likeness (QED) is 0.771. The molecule has 1 aromatic carbocycles. The first-order valence-electron chi connectivity index (χ1n) is 7.65. The van der Waals surface area contributed by atoms with E-state index in [1.807, 2.05) is 18.2 Å². The third-order valence-electron chi connectivity index (χ3n) is 4.11. The summed E-state index contributed by atoms with van der Waals surface area (Å²) < 4.78 is 4.80. The Labute approximate surface area is 121 Å². The Bertz CT molecular complexity index is 444. The maximum absolute atomic E-state index is 11.6. The summed E-state index contributed by atoms with van der Waals surface area (Å²) in [4.78, 5) is 14.2. The van der Waals surface area contributed by atoms with E-state index >= 15 is 0 Å². The average Bonchev–Trinajstić information content (AvgIpc) is 2.52. The van der Waals surface area contributed by atoms with E-state index in [4.69, 9.17) is 4.74 Å². The number of hydrogen-bond donors (Lipinski definition) is 0. The standard InChI is InChI=1S/C17H25NO2/c1-3-4-10-18-11-6-9-16(13-18)14-7-5-8-15(12-14)17(19)20-2/h5,7-8,12,16H,3-4,6,9-11,13H2,1-2H3/t16-/m1/s1. The van der Waals surface area contributed by atoms with Gasteiger partial charge in [0.05, 0.1) is 12.7 Å². The molecule has 0 aliphatic carbocycles. The average molecular weight is 275 g/mol. The molecule has 1 aliphatic heterocycles. The van der Waals surface area contributed by atoms with Crippen molar-refractivity contribution in [2.75, 3.05) is 26.7 Å². The highest BCUT2D eigenvalue weighted by Crippen LogP contribution is 2.27. The van der Waals surface area contributed by atoms with Crippen LogP contribution in [-0.4, -0.2) is 37.6 Å². The van der Waals surface area contributed by atoms with Crippen molar-refractivity contribution in [2.45, 2.75) is 38.5 Å². The normalized spacial score (nSPS) is 19.8. The van der Waals surface area contributed by atoms with Crippen molar-refractivity contribution in [3.8, 4) is 0 Å². The van der Waals surface area contributed by atoms with Gasteiger partial charge in [-0.2, -0.15) is 0 Å². The molecule has 3 heteroatoms. The Morgan fingerprint density at radius 3 is 3.05 bits per heavy atom. The van der Waals surface area contributed by atoms with Gasteiger partial charge in [0, 0.05) is 6.54 Å². The minimum atomic E-state index is -0.245. The van der Waals surface area contributed by atoms with Gasteiger partial charge in [-0.15, -0.1) is 0 Å². The van der Waals surface area contributed by atoms with Crippen molar-refractivity contribution < 1.29 is 9.53 Å². The summed E-state index contributed by atoms with van der Waals surface area (Å²) in [5.41, 5.74) is 1.93. The van der Waals surface area contributed by atoms with Crippen LogP contribution in [0.1, 0.15) is 54.4 Å². The van der Waals surface area contributed by atoms with Gasteiger partial charge in [-0.05, 0) is 56.0 Å². The number of methoxy groups -OCH3 is 1. The Balaban J connectivity index is 2.04. The number of benzene rings is 1. The summed E-state index contributed by atoms with van der Waals surface area (Å²) >= 11 is 0. The van der Waals surface area contributed by atoms with E-state index < -0.39 is 0 Å². The van der Waals surface area contributed by atoms with Gasteiger partial charge in [-0.25, -0.2) is 4.79 Å². The van der Waals surface area contributed by atoms with Gasteiger partial charge in [-0.3, -0.25) is 0 Å². The van der Waals surface area contributed by atoms with Crippen LogP contribution >= 0.6 is 0 Å². The Kier molecular flexibility index (Phi) is 5.60. The first kappa shape index (κ1) is 15.0. The van der Waals surface area contributed by atoms with Gasteiger partial charge in [-0.1, -0.05) is 25.5 Å². The zero-order chi connectivity index (χ0) is 14.4. The molecule has 3 nitrogen and oxygen atoms in total. The second kappa shape index (κ2) is 7.44. The molecule has 20 heavy (non-hydrogen) atoms. The van der Waals surface area contributed by atoms with Crippen LogP contribution in [0.4, 0.5) is 0 Å². The maximum atomic E-state index is 11.6. The SMILES string of the molecule is CCCCN1CCC[C@@H](c2cccc(C(=O)OC)c2)C1. The fraction of sp³-hybridized carbons (Fsp3) is 0.588. The largest absolute Gasteiger partial charge is 0.465 e. The van der Waals surface area contributed by atoms with Gasteiger partial charge in [0.2, 0.25) is 0 Å². The van der Waals surface area contributed by atoms with Gasteiger partial charge >= 0.3 is 5.97 Å². The monoisotopic (exact) mass is 275 g/mol. The van der Waals surface area contributed by atoms with E-state index in [0.717, 1.165) is 6.54 Å². The van der Waals surface area contributed by atoms with Gasteiger partial charge in [0.1, 0.15) is 0 Å². The molecular formula is C17H25NO2. The molecule has 1 aromatic rings. The number of nitrogens with zero attached hydrogens (tertiary/aromatic N) is 1. The number of carbonyl (C=O) groups is 1. The lowest BCUT2D eigenvalue weighted by atomic mass is 9.89. The molecule has 0 radical (unpaired) electrons. The molecule has 0 bridgehead atoms. The molecule has 0 unspecified atom stereocenters. The highest BCUT2D eigenvalue weighted by atomic mass is 16.5. The predicted octanol–water partition coefficient (Wildman–Crippen LogP) is 3.45. The molecule has 1 aliphatic rings. The molecule has 0 spiro atoms. The summed E-state index contributed by atoms with van der Waals surface area (Å²) in [6.45, 7) is 5.77. The minimum Gasteiger partial charge on any atom is -0.465 e. The number of likely N-dealkylation sites (tertiary alicyclic amines) is 1. The van der Waals surface area contributed by atoms with E-state index in [2.05, 4.69) is 17.9 Å². The minimum absolute atomic E-state index is 0.245. The van der Waals surface area contributed by atoms with E-state index in [0.29, 0.717) is 11.5 Å². The molecule has 1 saturated heterocycles. The Morgan fingerprint density at radius 1 is 1.45 bits per heavy atom. The number of ether oxygens (including phenoxy) is 1. The fourth-order valence-electron chi connectivity index (χ4n) is 2.95. The molecule has 1 atom stereocenters. The van der Waals surface area contributed by atoms with Gasteiger partial charge in [0.15, 0.2) is 0 Å². The van der Waals surface area contributed by atoms with Crippen LogP contribution in [0.3, 0.4) is 0 Å². The Morgan fingerprint density at radius 2 is 2.30 bits per heavy atom. The third kappa shape index (κ3) is 3.83. The molecule has 0 N–H and O–H groups in total. The first-order valence-corrected chi connectivity index (χ1v) is 7.65. The lowest BCUT2D eigenvalue weighted by Crippen LogP contribution is -2.35. The smallest absolute Gasteiger partial charge is 0.337 e. The molecule has 1 heterocycles. The number of piperidine rings is 1. The number of hydrogen-bond acceptors (Lipinski definition) is 3. The number of esters is 1. The van der Waals surface area contributed by atoms with Crippen molar-refractivity contribution in [1.29, 1.82) is 0 Å².